The normalized spacial score (nSPS) is 10.5. The van der Waals surface area contributed by atoms with Crippen molar-refractivity contribution in [3.05, 3.63) is 83.5 Å². The largest absolute Gasteiger partial charge is 0.493 e. The third-order valence-electron chi connectivity index (χ3n) is 4.64. The van der Waals surface area contributed by atoms with E-state index in [1.165, 1.54) is 0 Å². The number of pyridine rings is 1. The van der Waals surface area contributed by atoms with E-state index in [0.717, 1.165) is 0 Å². The van der Waals surface area contributed by atoms with E-state index in [1.54, 1.807) is 68.9 Å². The Morgan fingerprint density at radius 3 is 2.35 bits per heavy atom. The number of fused-ring (bicyclic) bond motifs is 1. The van der Waals surface area contributed by atoms with Crippen molar-refractivity contribution in [2.24, 2.45) is 0 Å². The molecule has 0 radical (unpaired) electrons. The highest BCUT2D eigenvalue weighted by molar-refractivity contribution is 6.31. The van der Waals surface area contributed by atoms with Crippen LogP contribution in [0.2, 0.25) is 5.02 Å². The van der Waals surface area contributed by atoms with Gasteiger partial charge in [-0.1, -0.05) is 29.8 Å². The number of hydrogen-bond donors (Lipinski definition) is 1. The Bertz CT molecular complexity index is 1250. The van der Waals surface area contributed by atoms with Gasteiger partial charge in [-0.2, -0.15) is 0 Å². The summed E-state index contributed by atoms with van der Waals surface area (Å²) >= 11 is 6.16. The molecule has 6 nitrogen and oxygen atoms in total. The monoisotopic (exact) mass is 434 g/mol. The first kappa shape index (κ1) is 20.5. The van der Waals surface area contributed by atoms with Crippen LogP contribution in [0.25, 0.3) is 10.9 Å². The highest BCUT2D eigenvalue weighted by Gasteiger charge is 2.17. The molecule has 1 heterocycles. The summed E-state index contributed by atoms with van der Waals surface area (Å²) in [6.07, 6.45) is 1.63. The zero-order valence-electron chi connectivity index (χ0n) is 16.9. The lowest BCUT2D eigenvalue weighted by Gasteiger charge is -2.15. The maximum Gasteiger partial charge on any atom is 0.259 e. The van der Waals surface area contributed by atoms with E-state index in [-0.39, 0.29) is 5.91 Å². The number of carbonyl (C=O) groups excluding carboxylic acids is 1. The highest BCUT2D eigenvalue weighted by Crippen LogP contribution is 2.38. The minimum absolute atomic E-state index is 0.307. The van der Waals surface area contributed by atoms with Gasteiger partial charge in [0.05, 0.1) is 25.3 Å². The molecule has 0 atom stereocenters. The number of rotatable bonds is 6. The summed E-state index contributed by atoms with van der Waals surface area (Å²) in [5.74, 6) is 1.66. The molecule has 0 spiro atoms. The van der Waals surface area contributed by atoms with Gasteiger partial charge in [-0.25, -0.2) is 0 Å². The van der Waals surface area contributed by atoms with Crippen molar-refractivity contribution >= 4 is 34.1 Å². The first-order valence-corrected chi connectivity index (χ1v) is 9.81. The van der Waals surface area contributed by atoms with Gasteiger partial charge in [0.1, 0.15) is 11.5 Å². The molecule has 7 heteroatoms. The zero-order chi connectivity index (χ0) is 21.8. The topological polar surface area (TPSA) is 69.7 Å². The fourth-order valence-corrected chi connectivity index (χ4v) is 3.32. The summed E-state index contributed by atoms with van der Waals surface area (Å²) in [7, 11) is 3.13. The molecule has 31 heavy (non-hydrogen) atoms. The Hall–Kier alpha value is -3.77. The van der Waals surface area contributed by atoms with Crippen LogP contribution in [-0.4, -0.2) is 25.1 Å². The number of aromatic nitrogens is 1. The summed E-state index contributed by atoms with van der Waals surface area (Å²) in [6.45, 7) is 0. The lowest BCUT2D eigenvalue weighted by Crippen LogP contribution is -2.13. The van der Waals surface area contributed by atoms with Gasteiger partial charge in [0.2, 0.25) is 0 Å². The lowest BCUT2D eigenvalue weighted by atomic mass is 10.1. The third kappa shape index (κ3) is 4.39. The van der Waals surface area contributed by atoms with Gasteiger partial charge < -0.3 is 19.5 Å². The fraction of sp³-hybridized carbons (Fsp3) is 0.0833. The Morgan fingerprint density at radius 1 is 0.871 bits per heavy atom. The molecule has 0 bridgehead atoms. The van der Waals surface area contributed by atoms with E-state index < -0.39 is 0 Å². The maximum absolute atomic E-state index is 12.9. The molecule has 4 aromatic rings. The zero-order valence-corrected chi connectivity index (χ0v) is 17.6. The average Bonchev–Trinajstić information content (AvgIpc) is 2.80. The number of anilines is 1. The number of methoxy groups -OCH3 is 2. The summed E-state index contributed by atoms with van der Waals surface area (Å²) in [5, 5.41) is 4.00. The van der Waals surface area contributed by atoms with Gasteiger partial charge in [-0.05, 0) is 42.5 Å². The van der Waals surface area contributed by atoms with E-state index in [2.05, 4.69) is 10.3 Å². The van der Waals surface area contributed by atoms with Gasteiger partial charge in [0, 0.05) is 28.4 Å². The predicted octanol–water partition coefficient (Wildman–Crippen LogP) is 5.95. The highest BCUT2D eigenvalue weighted by atomic mass is 35.5. The molecule has 0 fully saturated rings. The van der Waals surface area contributed by atoms with Crippen LogP contribution in [0, 0.1) is 0 Å². The molecule has 1 N–H and O–H groups in total. The smallest absolute Gasteiger partial charge is 0.259 e. The van der Waals surface area contributed by atoms with E-state index >= 15 is 0 Å². The summed E-state index contributed by atoms with van der Waals surface area (Å²) in [4.78, 5) is 17.3. The van der Waals surface area contributed by atoms with Crippen molar-refractivity contribution < 1.29 is 19.0 Å². The molecule has 1 amide bonds. The molecule has 0 unspecified atom stereocenters. The molecule has 1 aromatic heterocycles. The van der Waals surface area contributed by atoms with Crippen molar-refractivity contribution in [2.75, 3.05) is 19.5 Å². The Kier molecular flexibility index (Phi) is 5.91. The minimum Gasteiger partial charge on any atom is -0.493 e. The Balaban J connectivity index is 1.73. The third-order valence-corrected chi connectivity index (χ3v) is 4.88. The number of carbonyl (C=O) groups is 1. The number of halogens is 1. The van der Waals surface area contributed by atoms with Crippen LogP contribution in [0.15, 0.2) is 72.9 Å². The molecule has 0 saturated heterocycles. The molecule has 0 aliphatic carbocycles. The number of benzene rings is 3. The summed E-state index contributed by atoms with van der Waals surface area (Å²) in [6, 6.07) is 19.4. The van der Waals surface area contributed by atoms with E-state index in [1.807, 2.05) is 18.2 Å². The number of amides is 1. The fourth-order valence-electron chi connectivity index (χ4n) is 3.14. The van der Waals surface area contributed by atoms with E-state index in [9.17, 15) is 4.79 Å². The minimum atomic E-state index is -0.332. The number of para-hydroxylation sites is 1. The molecule has 4 rings (SSSR count). The number of ether oxygens (including phenoxy) is 3. The van der Waals surface area contributed by atoms with Crippen molar-refractivity contribution in [1.82, 2.24) is 4.98 Å². The molecule has 0 aliphatic rings. The summed E-state index contributed by atoms with van der Waals surface area (Å²) in [5.41, 5.74) is 1.64. The molecule has 156 valence electrons. The average molecular weight is 435 g/mol. The lowest BCUT2D eigenvalue weighted by molar-refractivity contribution is 0.102. The molecular weight excluding hydrogens is 416 g/mol. The number of nitrogens with zero attached hydrogens (tertiary/aromatic N) is 1. The maximum atomic E-state index is 12.9. The van der Waals surface area contributed by atoms with Crippen LogP contribution in [0.3, 0.4) is 0 Å². The van der Waals surface area contributed by atoms with Crippen molar-refractivity contribution in [3.63, 3.8) is 0 Å². The van der Waals surface area contributed by atoms with Crippen LogP contribution < -0.4 is 19.5 Å². The van der Waals surface area contributed by atoms with Crippen molar-refractivity contribution in [3.8, 4) is 23.0 Å². The summed E-state index contributed by atoms with van der Waals surface area (Å²) < 4.78 is 16.9. The van der Waals surface area contributed by atoms with E-state index in [0.29, 0.717) is 50.2 Å². The number of nitrogens with one attached hydrogen (secondary N) is 1. The van der Waals surface area contributed by atoms with Crippen molar-refractivity contribution in [2.45, 2.75) is 0 Å². The van der Waals surface area contributed by atoms with Crippen LogP contribution in [0.1, 0.15) is 10.4 Å². The first-order valence-electron chi connectivity index (χ1n) is 9.43. The second-order valence-corrected chi connectivity index (χ2v) is 7.03. The Labute approximate surface area is 184 Å². The second-order valence-electron chi connectivity index (χ2n) is 6.60. The SMILES string of the molecule is COc1cc2nccc(Oc3ccc(Cl)cc3C(=O)Nc3ccccc3)c2cc1OC. The van der Waals surface area contributed by atoms with Gasteiger partial charge >= 0.3 is 0 Å². The molecule has 0 aliphatic heterocycles. The molecular formula is C24H19ClN2O4. The van der Waals surface area contributed by atoms with Crippen LogP contribution in [0.4, 0.5) is 5.69 Å². The van der Waals surface area contributed by atoms with Crippen LogP contribution in [0.5, 0.6) is 23.0 Å². The second kappa shape index (κ2) is 8.93. The predicted molar refractivity (Wildman–Crippen MR) is 121 cm³/mol. The van der Waals surface area contributed by atoms with Gasteiger partial charge in [0.25, 0.3) is 5.91 Å². The first-order chi connectivity index (χ1) is 15.1. The van der Waals surface area contributed by atoms with E-state index in [4.69, 9.17) is 25.8 Å². The van der Waals surface area contributed by atoms with Gasteiger partial charge in [-0.15, -0.1) is 0 Å². The van der Waals surface area contributed by atoms with Gasteiger partial charge in [-0.3, -0.25) is 9.78 Å². The molecule has 3 aromatic carbocycles. The quantitative estimate of drug-likeness (QED) is 0.406. The van der Waals surface area contributed by atoms with Gasteiger partial charge in [0.15, 0.2) is 11.5 Å². The standard InChI is InChI=1S/C24H19ClN2O4/c1-29-22-13-17-19(14-23(22)30-2)26-11-10-21(17)31-20-9-8-15(25)12-18(20)24(28)27-16-6-4-3-5-7-16/h3-14H,1-2H3,(H,27,28). The van der Waals surface area contributed by atoms with Crippen LogP contribution in [-0.2, 0) is 0 Å². The Morgan fingerprint density at radius 2 is 1.61 bits per heavy atom. The number of hydrogen-bond acceptors (Lipinski definition) is 5. The molecule has 0 saturated carbocycles. The van der Waals surface area contributed by atoms with Crippen molar-refractivity contribution in [1.29, 1.82) is 0 Å². The van der Waals surface area contributed by atoms with Crippen LogP contribution >= 0.6 is 11.6 Å².